The normalized spacial score (nSPS) is 12.9. The molecule has 0 aromatic heterocycles. The Bertz CT molecular complexity index is 1100. The molecule has 0 saturated heterocycles. The maximum atomic E-state index is 12.0. The van der Waals surface area contributed by atoms with Gasteiger partial charge in [0.05, 0.1) is 25.2 Å². The lowest BCUT2D eigenvalue weighted by Gasteiger charge is -2.13. The van der Waals surface area contributed by atoms with Gasteiger partial charge in [-0.3, -0.25) is 28.9 Å². The summed E-state index contributed by atoms with van der Waals surface area (Å²) in [4.78, 5) is 71.3. The van der Waals surface area contributed by atoms with E-state index in [1.54, 1.807) is 30.3 Å². The van der Waals surface area contributed by atoms with E-state index in [9.17, 15) is 33.9 Å². The third-order valence-corrected chi connectivity index (χ3v) is 5.52. The molecule has 1 heterocycles. The molecule has 0 aliphatic carbocycles. The molecule has 1 aliphatic heterocycles. The Hall–Kier alpha value is -4.36. The summed E-state index contributed by atoms with van der Waals surface area (Å²) in [5.41, 5.74) is -0.427. The molecule has 4 amide bonds. The Kier molecular flexibility index (Phi) is 15.1. The summed E-state index contributed by atoms with van der Waals surface area (Å²) in [6.07, 6.45) is 4.83. The Labute approximate surface area is 237 Å². The standard InChI is InChI=1S/C28H35N3O10/c32-23(9-6-16-40-18-17-39-15-5-4-14-31-25(34)10-11-26(31)35)29-12-13-30-24(33)19-21(28(37)38)20-27(36)41-22-7-2-1-3-8-22/h1-3,7-8,10-11,19H,4-6,9,12-18,20H2,(H,29,32)(H,30,33)(H,37,38)/b21-19-. The van der Waals surface area contributed by atoms with Gasteiger partial charge in [0.25, 0.3) is 11.8 Å². The van der Waals surface area contributed by atoms with Crippen LogP contribution in [0.15, 0.2) is 54.1 Å². The molecule has 0 bridgehead atoms. The van der Waals surface area contributed by atoms with E-state index < -0.39 is 29.8 Å². The molecule has 0 spiro atoms. The molecular formula is C28H35N3O10. The van der Waals surface area contributed by atoms with E-state index in [4.69, 9.17) is 14.2 Å². The zero-order valence-corrected chi connectivity index (χ0v) is 22.7. The number of nitrogens with zero attached hydrogens (tertiary/aromatic N) is 1. The summed E-state index contributed by atoms with van der Waals surface area (Å²) in [5.74, 6) is -3.49. The van der Waals surface area contributed by atoms with Crippen molar-refractivity contribution in [1.82, 2.24) is 15.5 Å². The van der Waals surface area contributed by atoms with Crippen LogP contribution in [0.25, 0.3) is 0 Å². The van der Waals surface area contributed by atoms with Crippen molar-refractivity contribution in [2.75, 3.05) is 46.1 Å². The van der Waals surface area contributed by atoms with Crippen molar-refractivity contribution in [2.45, 2.75) is 32.1 Å². The molecule has 41 heavy (non-hydrogen) atoms. The summed E-state index contributed by atoms with van der Waals surface area (Å²) in [6.45, 7) is 2.20. The number of ether oxygens (including phenoxy) is 3. The van der Waals surface area contributed by atoms with Gasteiger partial charge in [-0.1, -0.05) is 18.2 Å². The topological polar surface area (TPSA) is 178 Å². The van der Waals surface area contributed by atoms with Gasteiger partial charge < -0.3 is 30.0 Å². The number of carbonyl (C=O) groups excluding carboxylic acids is 5. The summed E-state index contributed by atoms with van der Waals surface area (Å²) in [7, 11) is 0. The molecule has 0 fully saturated rings. The highest BCUT2D eigenvalue weighted by atomic mass is 16.5. The molecule has 13 heteroatoms. The number of nitrogens with one attached hydrogen (secondary N) is 2. The van der Waals surface area contributed by atoms with Gasteiger partial charge in [-0.05, 0) is 31.4 Å². The molecule has 1 aromatic carbocycles. The number of para-hydroxylation sites is 1. The first kappa shape index (κ1) is 32.8. The van der Waals surface area contributed by atoms with Crippen molar-refractivity contribution >= 4 is 35.6 Å². The first-order valence-corrected chi connectivity index (χ1v) is 13.2. The molecule has 1 aromatic rings. The van der Waals surface area contributed by atoms with Crippen LogP contribution < -0.4 is 15.4 Å². The average Bonchev–Trinajstić information content (AvgIpc) is 3.26. The van der Waals surface area contributed by atoms with E-state index in [2.05, 4.69) is 10.6 Å². The smallest absolute Gasteiger partial charge is 0.332 e. The van der Waals surface area contributed by atoms with E-state index in [0.717, 1.165) is 6.08 Å². The third kappa shape index (κ3) is 14.0. The van der Waals surface area contributed by atoms with Crippen LogP contribution in [0.3, 0.4) is 0 Å². The Morgan fingerprint density at radius 2 is 1.46 bits per heavy atom. The van der Waals surface area contributed by atoms with E-state index in [1.807, 2.05) is 0 Å². The highest BCUT2D eigenvalue weighted by molar-refractivity contribution is 6.12. The number of unbranched alkanes of at least 4 members (excludes halogenated alkanes) is 1. The van der Waals surface area contributed by atoms with Crippen molar-refractivity contribution in [3.05, 3.63) is 54.1 Å². The first-order valence-electron chi connectivity index (χ1n) is 13.2. The number of esters is 1. The summed E-state index contributed by atoms with van der Waals surface area (Å²) < 4.78 is 15.9. The number of rotatable bonds is 20. The second-order valence-corrected chi connectivity index (χ2v) is 8.78. The van der Waals surface area contributed by atoms with Gasteiger partial charge in [0.1, 0.15) is 5.75 Å². The van der Waals surface area contributed by atoms with Gasteiger partial charge >= 0.3 is 11.9 Å². The van der Waals surface area contributed by atoms with Crippen molar-refractivity contribution < 1.29 is 48.1 Å². The lowest BCUT2D eigenvalue weighted by molar-refractivity contribution is -0.138. The number of hydrogen-bond donors (Lipinski definition) is 3. The molecule has 3 N–H and O–H groups in total. The number of benzene rings is 1. The van der Waals surface area contributed by atoms with Gasteiger partial charge in [-0.15, -0.1) is 0 Å². The van der Waals surface area contributed by atoms with E-state index in [-0.39, 0.29) is 43.0 Å². The minimum Gasteiger partial charge on any atom is -0.478 e. The second-order valence-electron chi connectivity index (χ2n) is 8.78. The Morgan fingerprint density at radius 3 is 2.12 bits per heavy atom. The fraction of sp³-hybridized carbons (Fsp3) is 0.429. The molecule has 1 aliphatic rings. The van der Waals surface area contributed by atoms with Crippen molar-refractivity contribution in [1.29, 1.82) is 0 Å². The van der Waals surface area contributed by atoms with Crippen LogP contribution in [-0.2, 0) is 38.2 Å². The monoisotopic (exact) mass is 573 g/mol. The number of imide groups is 1. The molecule has 13 nitrogen and oxygen atoms in total. The van der Waals surface area contributed by atoms with Crippen LogP contribution >= 0.6 is 0 Å². The first-order chi connectivity index (χ1) is 19.8. The number of carboxylic acids is 1. The largest absolute Gasteiger partial charge is 0.478 e. The number of hydrogen-bond acceptors (Lipinski definition) is 9. The number of carbonyl (C=O) groups is 6. The number of amides is 4. The quantitative estimate of drug-likeness (QED) is 0.0663. The predicted octanol–water partition coefficient (Wildman–Crippen LogP) is 0.744. The summed E-state index contributed by atoms with van der Waals surface area (Å²) in [6, 6.07) is 8.14. The third-order valence-electron chi connectivity index (χ3n) is 5.52. The fourth-order valence-electron chi connectivity index (χ4n) is 3.47. The summed E-state index contributed by atoms with van der Waals surface area (Å²) >= 11 is 0. The highest BCUT2D eigenvalue weighted by Crippen LogP contribution is 2.11. The van der Waals surface area contributed by atoms with Crippen LogP contribution in [0.2, 0.25) is 0 Å². The molecule has 0 radical (unpaired) electrons. The number of aliphatic carboxylic acids is 1. The molecule has 0 atom stereocenters. The molecule has 2 rings (SSSR count). The van der Waals surface area contributed by atoms with Crippen LogP contribution in [0, 0.1) is 0 Å². The minimum absolute atomic E-state index is 0.0673. The van der Waals surface area contributed by atoms with Gasteiger partial charge in [0, 0.05) is 57.5 Å². The van der Waals surface area contributed by atoms with Crippen molar-refractivity contribution in [3.8, 4) is 5.75 Å². The minimum atomic E-state index is -1.42. The van der Waals surface area contributed by atoms with Crippen LogP contribution in [0.5, 0.6) is 5.75 Å². The molecule has 0 saturated carbocycles. The van der Waals surface area contributed by atoms with E-state index in [1.165, 1.54) is 17.1 Å². The summed E-state index contributed by atoms with van der Waals surface area (Å²) in [5, 5.41) is 14.4. The number of carboxylic acid groups (broad SMARTS) is 1. The van der Waals surface area contributed by atoms with Gasteiger partial charge in [-0.25, -0.2) is 4.79 Å². The molecule has 0 unspecified atom stereocenters. The second kappa shape index (κ2) is 18.8. The fourth-order valence-corrected chi connectivity index (χ4v) is 3.47. The van der Waals surface area contributed by atoms with Crippen LogP contribution in [-0.4, -0.2) is 91.6 Å². The average molecular weight is 574 g/mol. The molecular weight excluding hydrogens is 538 g/mol. The Morgan fingerprint density at radius 1 is 0.829 bits per heavy atom. The maximum absolute atomic E-state index is 12.0. The zero-order chi connectivity index (χ0) is 29.9. The zero-order valence-electron chi connectivity index (χ0n) is 22.7. The van der Waals surface area contributed by atoms with Gasteiger partial charge in [-0.2, -0.15) is 0 Å². The van der Waals surface area contributed by atoms with Crippen LogP contribution in [0.4, 0.5) is 0 Å². The molecule has 222 valence electrons. The van der Waals surface area contributed by atoms with E-state index >= 15 is 0 Å². The van der Waals surface area contributed by atoms with Crippen molar-refractivity contribution in [2.24, 2.45) is 0 Å². The lowest BCUT2D eigenvalue weighted by atomic mass is 10.1. The SMILES string of the molecule is O=C(/C=C(/CC(=O)Oc1ccccc1)C(=O)O)NCCNC(=O)CCCOCCOCCCCN1C(=O)C=CC1=O. The maximum Gasteiger partial charge on any atom is 0.332 e. The van der Waals surface area contributed by atoms with Gasteiger partial charge in [0.2, 0.25) is 11.8 Å². The lowest BCUT2D eigenvalue weighted by Crippen LogP contribution is -2.34. The Balaban J connectivity index is 1.45. The highest BCUT2D eigenvalue weighted by Gasteiger charge is 2.22. The van der Waals surface area contributed by atoms with Crippen molar-refractivity contribution in [3.63, 3.8) is 0 Å². The van der Waals surface area contributed by atoms with E-state index in [0.29, 0.717) is 52.2 Å². The van der Waals surface area contributed by atoms with Gasteiger partial charge in [0.15, 0.2) is 0 Å². The predicted molar refractivity (Wildman–Crippen MR) is 144 cm³/mol. The van der Waals surface area contributed by atoms with Crippen LogP contribution in [0.1, 0.15) is 32.1 Å².